The molecule has 1 saturated carbocycles. The van der Waals surface area contributed by atoms with Crippen molar-refractivity contribution in [1.82, 2.24) is 5.32 Å². The molecule has 2 atom stereocenters. The second-order valence-electron chi connectivity index (χ2n) is 4.88. The fourth-order valence-electron chi connectivity index (χ4n) is 2.64. The summed E-state index contributed by atoms with van der Waals surface area (Å²) in [5.41, 5.74) is 6.76. The normalized spacial score (nSPS) is 30.0. The summed E-state index contributed by atoms with van der Waals surface area (Å²) in [7, 11) is 0. The number of thiocarbonyl (C=S) groups is 1. The van der Waals surface area contributed by atoms with Crippen LogP contribution in [0.15, 0.2) is 24.3 Å². The number of hydrogen-bond donors (Lipinski definition) is 2. The largest absolute Gasteiger partial charge is 0.374 e. The van der Waals surface area contributed by atoms with Crippen LogP contribution in [0.5, 0.6) is 0 Å². The van der Waals surface area contributed by atoms with Crippen molar-refractivity contribution in [2.24, 2.45) is 11.7 Å². The Hall–Kier alpha value is -1.46. The van der Waals surface area contributed by atoms with E-state index >= 15 is 0 Å². The molecule has 1 aromatic rings. The number of carbonyl (C=O) groups excluding carboxylic acids is 1. The second-order valence-corrected chi connectivity index (χ2v) is 5.37. The molecular formula is C13H14N2O2S. The van der Waals surface area contributed by atoms with Gasteiger partial charge >= 0.3 is 0 Å². The molecule has 1 saturated heterocycles. The first-order chi connectivity index (χ1) is 8.62. The zero-order valence-electron chi connectivity index (χ0n) is 9.81. The Morgan fingerprint density at radius 2 is 2.39 bits per heavy atom. The van der Waals surface area contributed by atoms with E-state index in [1.54, 1.807) is 6.07 Å². The number of amides is 1. The molecule has 0 spiro atoms. The maximum Gasteiger partial charge on any atom is 0.248 e. The van der Waals surface area contributed by atoms with Gasteiger partial charge < -0.3 is 15.8 Å². The number of rotatable bonds is 2. The van der Waals surface area contributed by atoms with Crippen LogP contribution >= 0.6 is 12.2 Å². The Kier molecular flexibility index (Phi) is 2.60. The number of primary amides is 1. The van der Waals surface area contributed by atoms with Crippen LogP contribution in [0.4, 0.5) is 0 Å². The Balaban J connectivity index is 1.97. The van der Waals surface area contributed by atoms with Crippen LogP contribution in [-0.2, 0) is 10.3 Å². The first-order valence-corrected chi connectivity index (χ1v) is 6.32. The van der Waals surface area contributed by atoms with Gasteiger partial charge in [-0.3, -0.25) is 4.79 Å². The third-order valence-corrected chi connectivity index (χ3v) is 3.90. The van der Waals surface area contributed by atoms with Gasteiger partial charge in [0.2, 0.25) is 5.91 Å². The van der Waals surface area contributed by atoms with Crippen molar-refractivity contribution in [3.05, 3.63) is 35.4 Å². The summed E-state index contributed by atoms with van der Waals surface area (Å²) in [6.07, 6.45) is 0.982. The SMILES string of the molecule is NC(=O)c1cccc(C23CC2COCC(=S)N3)c1. The molecule has 3 rings (SSSR count). The first kappa shape index (κ1) is 11.6. The van der Waals surface area contributed by atoms with Crippen molar-refractivity contribution in [3.8, 4) is 0 Å². The zero-order valence-corrected chi connectivity index (χ0v) is 10.6. The molecule has 5 heteroatoms. The van der Waals surface area contributed by atoms with E-state index in [0.29, 0.717) is 24.7 Å². The highest BCUT2D eigenvalue weighted by molar-refractivity contribution is 7.80. The highest BCUT2D eigenvalue weighted by Crippen LogP contribution is 2.53. The van der Waals surface area contributed by atoms with Crippen LogP contribution < -0.4 is 11.1 Å². The van der Waals surface area contributed by atoms with Gasteiger partial charge in [0.05, 0.1) is 18.8 Å². The van der Waals surface area contributed by atoms with Crippen LogP contribution in [0.1, 0.15) is 22.3 Å². The molecule has 1 aliphatic carbocycles. The summed E-state index contributed by atoms with van der Waals surface area (Å²) < 4.78 is 5.49. The summed E-state index contributed by atoms with van der Waals surface area (Å²) in [6.45, 7) is 1.18. The van der Waals surface area contributed by atoms with Crippen molar-refractivity contribution in [2.45, 2.75) is 12.0 Å². The van der Waals surface area contributed by atoms with Gasteiger partial charge in [0.25, 0.3) is 0 Å². The molecule has 2 unspecified atom stereocenters. The molecule has 1 aliphatic heterocycles. The Morgan fingerprint density at radius 3 is 3.17 bits per heavy atom. The lowest BCUT2D eigenvalue weighted by Gasteiger charge is -2.19. The minimum Gasteiger partial charge on any atom is -0.374 e. The molecule has 18 heavy (non-hydrogen) atoms. The van der Waals surface area contributed by atoms with Gasteiger partial charge in [0, 0.05) is 11.5 Å². The molecule has 0 aromatic heterocycles. The van der Waals surface area contributed by atoms with Crippen molar-refractivity contribution in [2.75, 3.05) is 13.2 Å². The van der Waals surface area contributed by atoms with Gasteiger partial charge in [-0.15, -0.1) is 0 Å². The average Bonchev–Trinajstić information content (AvgIpc) is 3.04. The van der Waals surface area contributed by atoms with Crippen molar-refractivity contribution < 1.29 is 9.53 Å². The van der Waals surface area contributed by atoms with Gasteiger partial charge in [-0.25, -0.2) is 0 Å². The number of nitrogens with two attached hydrogens (primary N) is 1. The Morgan fingerprint density at radius 1 is 1.56 bits per heavy atom. The van der Waals surface area contributed by atoms with E-state index in [0.717, 1.165) is 17.0 Å². The summed E-state index contributed by atoms with van der Waals surface area (Å²) in [5, 5.41) is 3.37. The average molecular weight is 262 g/mol. The predicted molar refractivity (Wildman–Crippen MR) is 71.3 cm³/mol. The topological polar surface area (TPSA) is 64.4 Å². The molecule has 3 N–H and O–H groups in total. The third-order valence-electron chi connectivity index (χ3n) is 3.68. The fourth-order valence-corrected chi connectivity index (χ4v) is 2.90. The Labute approximate surface area is 110 Å². The number of nitrogens with one attached hydrogen (secondary N) is 1. The summed E-state index contributed by atoms with van der Waals surface area (Å²) >= 11 is 5.22. The molecule has 2 aliphatic rings. The number of carbonyl (C=O) groups is 1. The lowest BCUT2D eigenvalue weighted by atomic mass is 9.99. The standard InChI is InChI=1S/C13H14N2O2S/c14-12(16)8-2-1-3-9(4-8)13-5-10(13)6-17-7-11(18)15-13/h1-4,10H,5-7H2,(H2,14,16)(H,15,18). The molecule has 1 aromatic carbocycles. The molecule has 2 fully saturated rings. The van der Waals surface area contributed by atoms with E-state index in [9.17, 15) is 4.79 Å². The van der Waals surface area contributed by atoms with E-state index in [2.05, 4.69) is 5.32 Å². The summed E-state index contributed by atoms with van der Waals surface area (Å²) in [5.74, 6) is 0.0129. The number of benzene rings is 1. The fraction of sp³-hybridized carbons (Fsp3) is 0.385. The van der Waals surface area contributed by atoms with Crippen LogP contribution in [-0.4, -0.2) is 24.1 Å². The van der Waals surface area contributed by atoms with Crippen LogP contribution in [0.2, 0.25) is 0 Å². The van der Waals surface area contributed by atoms with Gasteiger partial charge in [-0.05, 0) is 24.1 Å². The van der Waals surface area contributed by atoms with E-state index < -0.39 is 5.91 Å². The van der Waals surface area contributed by atoms with Gasteiger partial charge in [0.1, 0.15) is 4.99 Å². The monoisotopic (exact) mass is 262 g/mol. The lowest BCUT2D eigenvalue weighted by molar-refractivity contribution is 0.1000. The quantitative estimate of drug-likeness (QED) is 0.779. The molecule has 0 radical (unpaired) electrons. The van der Waals surface area contributed by atoms with Crippen molar-refractivity contribution in [1.29, 1.82) is 0 Å². The van der Waals surface area contributed by atoms with Crippen LogP contribution in [0, 0.1) is 5.92 Å². The van der Waals surface area contributed by atoms with Gasteiger partial charge in [-0.1, -0.05) is 24.4 Å². The molecule has 1 heterocycles. The van der Waals surface area contributed by atoms with Gasteiger partial charge in [0.15, 0.2) is 0 Å². The minimum atomic E-state index is -0.405. The molecule has 0 bridgehead atoms. The maximum absolute atomic E-state index is 11.2. The van der Waals surface area contributed by atoms with E-state index in [1.165, 1.54) is 0 Å². The van der Waals surface area contributed by atoms with Gasteiger partial charge in [-0.2, -0.15) is 0 Å². The van der Waals surface area contributed by atoms with Crippen molar-refractivity contribution >= 4 is 23.1 Å². The van der Waals surface area contributed by atoms with Crippen LogP contribution in [0.25, 0.3) is 0 Å². The van der Waals surface area contributed by atoms with E-state index in [1.807, 2.05) is 18.2 Å². The number of fused-ring (bicyclic) bond motifs is 1. The maximum atomic E-state index is 11.2. The third kappa shape index (κ3) is 1.79. The molecular weight excluding hydrogens is 248 g/mol. The van der Waals surface area contributed by atoms with Crippen molar-refractivity contribution in [3.63, 3.8) is 0 Å². The number of hydrogen-bond acceptors (Lipinski definition) is 3. The highest BCUT2D eigenvalue weighted by Gasteiger charge is 2.57. The smallest absolute Gasteiger partial charge is 0.248 e. The minimum absolute atomic E-state index is 0.154. The van der Waals surface area contributed by atoms with Crippen LogP contribution in [0.3, 0.4) is 0 Å². The Bertz CT molecular complexity index is 531. The molecule has 94 valence electrons. The summed E-state index contributed by atoms with van der Waals surface area (Å²) in [4.78, 5) is 12.0. The zero-order chi connectivity index (χ0) is 12.8. The van der Waals surface area contributed by atoms with E-state index in [-0.39, 0.29) is 5.54 Å². The second kappa shape index (κ2) is 4.03. The predicted octanol–water partition coefficient (Wildman–Crippen LogP) is 0.948. The number of ether oxygens (including phenoxy) is 1. The van der Waals surface area contributed by atoms with E-state index in [4.69, 9.17) is 22.7 Å². The molecule has 4 nitrogen and oxygen atoms in total. The first-order valence-electron chi connectivity index (χ1n) is 5.91. The summed E-state index contributed by atoms with van der Waals surface area (Å²) in [6, 6.07) is 7.44. The highest BCUT2D eigenvalue weighted by atomic mass is 32.1. The molecule has 1 amide bonds. The lowest BCUT2D eigenvalue weighted by Crippen LogP contribution is -2.35.